The van der Waals surface area contributed by atoms with Crippen LogP contribution in [0, 0.1) is 30.4 Å². The van der Waals surface area contributed by atoms with Gasteiger partial charge in [-0.25, -0.2) is 8.78 Å². The van der Waals surface area contributed by atoms with Crippen LogP contribution in [0.2, 0.25) is 0 Å². The van der Waals surface area contributed by atoms with Crippen LogP contribution >= 0.6 is 0 Å². The molecule has 0 N–H and O–H groups in total. The summed E-state index contributed by atoms with van der Waals surface area (Å²) in [6.07, 6.45) is 5.37. The van der Waals surface area contributed by atoms with Crippen molar-refractivity contribution in [3.63, 3.8) is 0 Å². The molecule has 0 spiro atoms. The molecular formula is C16H20F2. The Morgan fingerprint density at radius 3 is 2.72 bits per heavy atom. The molecule has 98 valence electrons. The zero-order chi connectivity index (χ0) is 12.9. The molecule has 2 heteroatoms. The van der Waals surface area contributed by atoms with Gasteiger partial charge < -0.3 is 0 Å². The highest BCUT2D eigenvalue weighted by molar-refractivity contribution is 5.39. The Kier molecular flexibility index (Phi) is 2.91. The van der Waals surface area contributed by atoms with E-state index in [9.17, 15) is 8.78 Å². The van der Waals surface area contributed by atoms with Gasteiger partial charge >= 0.3 is 0 Å². The maximum atomic E-state index is 14.1. The molecule has 3 unspecified atom stereocenters. The quantitative estimate of drug-likeness (QED) is 0.624. The molecule has 0 aliphatic heterocycles. The van der Waals surface area contributed by atoms with E-state index >= 15 is 0 Å². The first kappa shape index (κ1) is 12.1. The van der Waals surface area contributed by atoms with Crippen molar-refractivity contribution >= 4 is 0 Å². The van der Waals surface area contributed by atoms with Gasteiger partial charge in [0, 0.05) is 5.56 Å². The summed E-state index contributed by atoms with van der Waals surface area (Å²) in [4.78, 5) is 0. The topological polar surface area (TPSA) is 0 Å². The Hall–Kier alpha value is -0.920. The van der Waals surface area contributed by atoms with Gasteiger partial charge in [0.05, 0.1) is 0 Å². The first-order valence-corrected chi connectivity index (χ1v) is 7.05. The number of fused-ring (bicyclic) bond motifs is 3. The summed E-state index contributed by atoms with van der Waals surface area (Å²) in [6.45, 7) is 3.84. The molecule has 2 aliphatic rings. The Morgan fingerprint density at radius 2 is 1.94 bits per heavy atom. The van der Waals surface area contributed by atoms with E-state index in [1.165, 1.54) is 12.8 Å². The van der Waals surface area contributed by atoms with Crippen LogP contribution in [0.3, 0.4) is 0 Å². The monoisotopic (exact) mass is 250 g/mol. The van der Waals surface area contributed by atoms with Crippen LogP contribution in [0.25, 0.3) is 0 Å². The molecule has 0 nitrogen and oxygen atoms in total. The second-order valence-corrected chi connectivity index (χ2v) is 6.19. The van der Waals surface area contributed by atoms with Crippen LogP contribution in [0.15, 0.2) is 6.07 Å². The average molecular weight is 250 g/mol. The molecule has 0 heterocycles. The van der Waals surface area contributed by atoms with Crippen molar-refractivity contribution in [1.29, 1.82) is 0 Å². The molecule has 1 aromatic carbocycles. The Balaban J connectivity index is 2.05. The standard InChI is InChI=1S/C16H20F2/c1-9-3-5-12-11(7-9)4-6-13-14(12)8-15(17)10(2)16(13)18/h8-9,11-12H,3-7H2,1-2H3. The SMILES string of the molecule is Cc1c(F)cc2c(c1F)CCC1CC(C)CCC21. The van der Waals surface area contributed by atoms with Crippen molar-refractivity contribution in [3.05, 3.63) is 34.4 Å². The summed E-state index contributed by atoms with van der Waals surface area (Å²) in [5.41, 5.74) is 1.96. The number of hydrogen-bond acceptors (Lipinski definition) is 0. The molecule has 1 fully saturated rings. The van der Waals surface area contributed by atoms with Gasteiger partial charge in [-0.2, -0.15) is 0 Å². The summed E-state index contributed by atoms with van der Waals surface area (Å²) < 4.78 is 27.9. The van der Waals surface area contributed by atoms with E-state index in [0.717, 1.165) is 36.3 Å². The summed E-state index contributed by atoms with van der Waals surface area (Å²) in [6, 6.07) is 1.61. The molecule has 0 amide bonds. The second kappa shape index (κ2) is 4.32. The molecule has 2 aliphatic carbocycles. The van der Waals surface area contributed by atoms with E-state index < -0.39 is 0 Å². The third kappa shape index (κ3) is 1.77. The lowest BCUT2D eigenvalue weighted by Crippen LogP contribution is -2.28. The molecular weight excluding hydrogens is 230 g/mol. The fourth-order valence-electron chi connectivity index (χ4n) is 3.93. The second-order valence-electron chi connectivity index (χ2n) is 6.19. The molecule has 0 bridgehead atoms. The van der Waals surface area contributed by atoms with E-state index in [4.69, 9.17) is 0 Å². The molecule has 0 saturated heterocycles. The first-order valence-electron chi connectivity index (χ1n) is 7.05. The van der Waals surface area contributed by atoms with Crippen LogP contribution in [0.4, 0.5) is 8.78 Å². The largest absolute Gasteiger partial charge is 0.207 e. The zero-order valence-electron chi connectivity index (χ0n) is 11.1. The Labute approximate surface area is 107 Å². The van der Waals surface area contributed by atoms with Crippen molar-refractivity contribution in [2.24, 2.45) is 11.8 Å². The third-order valence-electron chi connectivity index (χ3n) is 4.99. The maximum absolute atomic E-state index is 14.1. The molecule has 1 aromatic rings. The minimum absolute atomic E-state index is 0.191. The Morgan fingerprint density at radius 1 is 1.17 bits per heavy atom. The van der Waals surface area contributed by atoms with Crippen molar-refractivity contribution in [2.75, 3.05) is 0 Å². The Bertz CT molecular complexity index is 478. The highest BCUT2D eigenvalue weighted by Crippen LogP contribution is 2.47. The summed E-state index contributed by atoms with van der Waals surface area (Å²) in [5.74, 6) is 1.15. The zero-order valence-corrected chi connectivity index (χ0v) is 11.1. The van der Waals surface area contributed by atoms with Gasteiger partial charge in [0.15, 0.2) is 0 Å². The van der Waals surface area contributed by atoms with Crippen LogP contribution < -0.4 is 0 Å². The average Bonchev–Trinajstić information content (AvgIpc) is 2.35. The number of hydrogen-bond donors (Lipinski definition) is 0. The first-order chi connectivity index (χ1) is 8.58. The van der Waals surface area contributed by atoms with Crippen molar-refractivity contribution in [1.82, 2.24) is 0 Å². The fourth-order valence-corrected chi connectivity index (χ4v) is 3.93. The minimum Gasteiger partial charge on any atom is -0.207 e. The number of rotatable bonds is 0. The van der Waals surface area contributed by atoms with E-state index in [2.05, 4.69) is 6.92 Å². The third-order valence-corrected chi connectivity index (χ3v) is 4.99. The molecule has 18 heavy (non-hydrogen) atoms. The van der Waals surface area contributed by atoms with Crippen LogP contribution in [0.5, 0.6) is 0 Å². The summed E-state index contributed by atoms with van der Waals surface area (Å²) >= 11 is 0. The van der Waals surface area contributed by atoms with E-state index in [-0.39, 0.29) is 17.2 Å². The summed E-state index contributed by atoms with van der Waals surface area (Å²) in [7, 11) is 0. The fraction of sp³-hybridized carbons (Fsp3) is 0.625. The van der Waals surface area contributed by atoms with Crippen molar-refractivity contribution in [2.45, 2.75) is 51.9 Å². The van der Waals surface area contributed by atoms with Gasteiger partial charge in [-0.3, -0.25) is 0 Å². The van der Waals surface area contributed by atoms with Crippen LogP contribution in [-0.4, -0.2) is 0 Å². The lowest BCUT2D eigenvalue weighted by Gasteiger charge is -2.40. The smallest absolute Gasteiger partial charge is 0.132 e. The van der Waals surface area contributed by atoms with Gasteiger partial charge in [-0.05, 0) is 67.6 Å². The van der Waals surface area contributed by atoms with Gasteiger partial charge in [0.1, 0.15) is 11.6 Å². The molecule has 0 aromatic heterocycles. The minimum atomic E-state index is -0.370. The van der Waals surface area contributed by atoms with E-state index in [1.807, 2.05) is 0 Å². The number of halogens is 2. The summed E-state index contributed by atoms with van der Waals surface area (Å²) in [5, 5.41) is 0. The lowest BCUT2D eigenvalue weighted by molar-refractivity contribution is 0.219. The molecule has 3 rings (SSSR count). The predicted octanol–water partition coefficient (Wildman–Crippen LogP) is 4.74. The molecule has 3 atom stereocenters. The van der Waals surface area contributed by atoms with E-state index in [0.29, 0.717) is 11.8 Å². The van der Waals surface area contributed by atoms with Crippen molar-refractivity contribution in [3.8, 4) is 0 Å². The molecule has 1 saturated carbocycles. The normalized spacial score (nSPS) is 30.8. The van der Waals surface area contributed by atoms with Crippen molar-refractivity contribution < 1.29 is 8.78 Å². The molecule has 0 radical (unpaired) electrons. The lowest BCUT2D eigenvalue weighted by atomic mass is 9.65. The van der Waals surface area contributed by atoms with Gasteiger partial charge in [0.2, 0.25) is 0 Å². The number of benzene rings is 1. The maximum Gasteiger partial charge on any atom is 0.132 e. The highest BCUT2D eigenvalue weighted by atomic mass is 19.1. The van der Waals surface area contributed by atoms with Crippen LogP contribution in [0.1, 0.15) is 55.2 Å². The van der Waals surface area contributed by atoms with Gasteiger partial charge in [-0.1, -0.05) is 13.3 Å². The van der Waals surface area contributed by atoms with Gasteiger partial charge in [0.25, 0.3) is 0 Å². The van der Waals surface area contributed by atoms with Crippen LogP contribution in [-0.2, 0) is 6.42 Å². The highest BCUT2D eigenvalue weighted by Gasteiger charge is 2.35. The van der Waals surface area contributed by atoms with E-state index in [1.54, 1.807) is 13.0 Å². The van der Waals surface area contributed by atoms with Gasteiger partial charge in [-0.15, -0.1) is 0 Å². The predicted molar refractivity (Wildman–Crippen MR) is 68.7 cm³/mol.